The molecule has 0 saturated carbocycles. The molecule has 2 rings (SSSR count). The molecule has 0 N–H and O–H groups in total. The van der Waals surface area contributed by atoms with E-state index in [1.165, 1.54) is 0 Å². The first kappa shape index (κ1) is 14.2. The summed E-state index contributed by atoms with van der Waals surface area (Å²) in [5.41, 5.74) is 0.821. The lowest BCUT2D eigenvalue weighted by Gasteiger charge is -2.39. The predicted octanol–water partition coefficient (Wildman–Crippen LogP) is 2.28. The van der Waals surface area contributed by atoms with Crippen molar-refractivity contribution in [3.8, 4) is 0 Å². The Kier molecular flexibility index (Phi) is 4.72. The number of Topliss-reactive ketones (excluding diaryl/α,β-unsaturated/α-hetero) is 1. The molecule has 1 atom stereocenters. The van der Waals surface area contributed by atoms with Crippen molar-refractivity contribution in [3.63, 3.8) is 0 Å². The Labute approximate surface area is 116 Å². The molecule has 0 amide bonds. The lowest BCUT2D eigenvalue weighted by molar-refractivity contribution is 0.0639. The van der Waals surface area contributed by atoms with E-state index in [1.807, 2.05) is 37.3 Å². The van der Waals surface area contributed by atoms with Crippen molar-refractivity contribution in [1.82, 2.24) is 9.80 Å². The number of ketones is 1. The van der Waals surface area contributed by atoms with Gasteiger partial charge in [0, 0.05) is 37.8 Å². The van der Waals surface area contributed by atoms with Gasteiger partial charge in [-0.3, -0.25) is 14.6 Å². The topological polar surface area (TPSA) is 23.6 Å². The van der Waals surface area contributed by atoms with Crippen molar-refractivity contribution in [2.45, 2.75) is 32.9 Å². The van der Waals surface area contributed by atoms with Crippen LogP contribution < -0.4 is 0 Å². The lowest BCUT2D eigenvalue weighted by Crippen LogP contribution is -2.53. The third-order valence-corrected chi connectivity index (χ3v) is 4.06. The standard InChI is InChI=1S/C16H24N2O/c1-13(2)17-9-11-18(12-10-17)14(3)16(19)15-7-5-4-6-8-15/h4-8,13-14H,9-12H2,1-3H3. The van der Waals surface area contributed by atoms with Gasteiger partial charge in [0.2, 0.25) is 0 Å². The van der Waals surface area contributed by atoms with Crippen LogP contribution in [0.3, 0.4) is 0 Å². The van der Waals surface area contributed by atoms with Crippen LogP contribution in [-0.2, 0) is 0 Å². The number of carbonyl (C=O) groups is 1. The number of carbonyl (C=O) groups excluding carboxylic acids is 1. The van der Waals surface area contributed by atoms with E-state index in [0.29, 0.717) is 6.04 Å². The van der Waals surface area contributed by atoms with Crippen molar-refractivity contribution in [3.05, 3.63) is 35.9 Å². The van der Waals surface area contributed by atoms with Crippen molar-refractivity contribution in [1.29, 1.82) is 0 Å². The van der Waals surface area contributed by atoms with Gasteiger partial charge in [0.1, 0.15) is 0 Å². The average molecular weight is 260 g/mol. The minimum absolute atomic E-state index is 0.0169. The summed E-state index contributed by atoms with van der Waals surface area (Å²) < 4.78 is 0. The van der Waals surface area contributed by atoms with Gasteiger partial charge in [-0.1, -0.05) is 30.3 Å². The monoisotopic (exact) mass is 260 g/mol. The summed E-state index contributed by atoms with van der Waals surface area (Å²) in [6.45, 7) is 10.6. The molecule has 1 aromatic carbocycles. The molecule has 104 valence electrons. The van der Waals surface area contributed by atoms with Crippen molar-refractivity contribution >= 4 is 5.78 Å². The molecule has 0 radical (unpaired) electrons. The van der Waals surface area contributed by atoms with Crippen LogP contribution in [0.4, 0.5) is 0 Å². The molecular weight excluding hydrogens is 236 g/mol. The molecule has 1 heterocycles. The van der Waals surface area contributed by atoms with Gasteiger partial charge in [-0.2, -0.15) is 0 Å². The zero-order valence-corrected chi connectivity index (χ0v) is 12.2. The van der Waals surface area contributed by atoms with Gasteiger partial charge < -0.3 is 0 Å². The van der Waals surface area contributed by atoms with E-state index < -0.39 is 0 Å². The summed E-state index contributed by atoms with van der Waals surface area (Å²) in [5, 5.41) is 0. The highest BCUT2D eigenvalue weighted by atomic mass is 16.1. The molecule has 1 aromatic rings. The summed E-state index contributed by atoms with van der Waals surface area (Å²) in [4.78, 5) is 17.2. The Morgan fingerprint density at radius 1 is 0.947 bits per heavy atom. The Bertz CT molecular complexity index is 408. The van der Waals surface area contributed by atoms with Crippen LogP contribution in [0.25, 0.3) is 0 Å². The minimum atomic E-state index is -0.0169. The molecule has 1 aliphatic rings. The zero-order chi connectivity index (χ0) is 13.8. The van der Waals surface area contributed by atoms with E-state index >= 15 is 0 Å². The molecule has 0 bridgehead atoms. The van der Waals surface area contributed by atoms with E-state index in [1.54, 1.807) is 0 Å². The fourth-order valence-corrected chi connectivity index (χ4v) is 2.65. The third kappa shape index (κ3) is 3.43. The molecule has 0 spiro atoms. The van der Waals surface area contributed by atoms with Gasteiger partial charge in [-0.05, 0) is 20.8 Å². The van der Waals surface area contributed by atoms with Crippen LogP contribution in [0.2, 0.25) is 0 Å². The summed E-state index contributed by atoms with van der Waals surface area (Å²) in [7, 11) is 0. The van der Waals surface area contributed by atoms with Gasteiger partial charge in [-0.15, -0.1) is 0 Å². The maximum absolute atomic E-state index is 12.4. The molecule has 1 unspecified atom stereocenters. The molecule has 1 aliphatic heterocycles. The third-order valence-electron chi connectivity index (χ3n) is 4.06. The molecule has 1 saturated heterocycles. The van der Waals surface area contributed by atoms with Gasteiger partial charge in [0.25, 0.3) is 0 Å². The molecule has 1 fully saturated rings. The number of hydrogen-bond acceptors (Lipinski definition) is 3. The summed E-state index contributed by atoms with van der Waals surface area (Å²) in [5.74, 6) is 0.235. The summed E-state index contributed by atoms with van der Waals surface area (Å²) in [6, 6.07) is 10.2. The zero-order valence-electron chi connectivity index (χ0n) is 12.2. The first-order valence-electron chi connectivity index (χ1n) is 7.17. The second-order valence-corrected chi connectivity index (χ2v) is 5.57. The van der Waals surface area contributed by atoms with Gasteiger partial charge in [0.05, 0.1) is 6.04 Å². The smallest absolute Gasteiger partial charge is 0.179 e. The summed E-state index contributed by atoms with van der Waals surface area (Å²) in [6.07, 6.45) is 0. The minimum Gasteiger partial charge on any atom is -0.298 e. The fraction of sp³-hybridized carbons (Fsp3) is 0.562. The molecule has 19 heavy (non-hydrogen) atoms. The second-order valence-electron chi connectivity index (χ2n) is 5.57. The van der Waals surface area contributed by atoms with Crippen molar-refractivity contribution in [2.24, 2.45) is 0 Å². The van der Waals surface area contributed by atoms with Gasteiger partial charge >= 0.3 is 0 Å². The van der Waals surface area contributed by atoms with Gasteiger partial charge in [-0.25, -0.2) is 0 Å². The maximum atomic E-state index is 12.4. The quantitative estimate of drug-likeness (QED) is 0.776. The van der Waals surface area contributed by atoms with E-state index in [4.69, 9.17) is 0 Å². The Hall–Kier alpha value is -1.19. The highest BCUT2D eigenvalue weighted by Gasteiger charge is 2.26. The number of hydrogen-bond donors (Lipinski definition) is 0. The molecule has 3 heteroatoms. The molecular formula is C16H24N2O. The largest absolute Gasteiger partial charge is 0.298 e. The van der Waals surface area contributed by atoms with Crippen LogP contribution in [0.1, 0.15) is 31.1 Å². The number of nitrogens with zero attached hydrogens (tertiary/aromatic N) is 2. The van der Waals surface area contributed by atoms with Crippen LogP contribution in [0, 0.1) is 0 Å². The normalized spacial score (nSPS) is 19.6. The first-order valence-corrected chi connectivity index (χ1v) is 7.17. The van der Waals surface area contributed by atoms with E-state index in [0.717, 1.165) is 31.7 Å². The number of piperazine rings is 1. The Balaban J connectivity index is 1.94. The van der Waals surface area contributed by atoms with Crippen LogP contribution in [0.15, 0.2) is 30.3 Å². The maximum Gasteiger partial charge on any atom is 0.179 e. The first-order chi connectivity index (χ1) is 9.09. The molecule has 0 aliphatic carbocycles. The Morgan fingerprint density at radius 3 is 2.00 bits per heavy atom. The predicted molar refractivity (Wildman–Crippen MR) is 78.5 cm³/mol. The van der Waals surface area contributed by atoms with Crippen molar-refractivity contribution in [2.75, 3.05) is 26.2 Å². The summed E-state index contributed by atoms with van der Waals surface area (Å²) >= 11 is 0. The van der Waals surface area contributed by atoms with E-state index in [2.05, 4.69) is 23.6 Å². The Morgan fingerprint density at radius 2 is 1.47 bits per heavy atom. The van der Waals surface area contributed by atoms with Crippen LogP contribution >= 0.6 is 0 Å². The van der Waals surface area contributed by atoms with E-state index in [9.17, 15) is 4.79 Å². The fourth-order valence-electron chi connectivity index (χ4n) is 2.65. The average Bonchev–Trinajstić information content (AvgIpc) is 2.46. The van der Waals surface area contributed by atoms with E-state index in [-0.39, 0.29) is 11.8 Å². The second kappa shape index (κ2) is 6.31. The number of benzene rings is 1. The molecule has 3 nitrogen and oxygen atoms in total. The SMILES string of the molecule is CC(C)N1CCN(C(C)C(=O)c2ccccc2)CC1. The highest BCUT2D eigenvalue weighted by molar-refractivity contribution is 5.99. The van der Waals surface area contributed by atoms with Crippen molar-refractivity contribution < 1.29 is 4.79 Å². The lowest BCUT2D eigenvalue weighted by atomic mass is 10.0. The van der Waals surface area contributed by atoms with Gasteiger partial charge in [0.15, 0.2) is 5.78 Å². The highest BCUT2D eigenvalue weighted by Crippen LogP contribution is 2.13. The molecule has 0 aromatic heterocycles. The van der Waals surface area contributed by atoms with Crippen LogP contribution in [0.5, 0.6) is 0 Å². The van der Waals surface area contributed by atoms with Crippen LogP contribution in [-0.4, -0.2) is 53.8 Å². The number of rotatable bonds is 4.